The highest BCUT2D eigenvalue weighted by molar-refractivity contribution is 5.38. The van der Waals surface area contributed by atoms with Gasteiger partial charge in [0.1, 0.15) is 12.1 Å². The smallest absolute Gasteiger partial charge is 0.176 e. The maximum Gasteiger partial charge on any atom is 0.176 e. The monoisotopic (exact) mass is 266 g/mol. The molecule has 20 heavy (non-hydrogen) atoms. The lowest BCUT2D eigenvalue weighted by Crippen LogP contribution is -2.33. The molecule has 0 aromatic carbocycles. The first kappa shape index (κ1) is 13.7. The Morgan fingerprint density at radius 2 is 2.20 bits per heavy atom. The number of imidazole rings is 1. The number of aromatic nitrogens is 3. The van der Waals surface area contributed by atoms with Gasteiger partial charge in [-0.25, -0.2) is 4.98 Å². The van der Waals surface area contributed by atoms with Crippen molar-refractivity contribution >= 4 is 0 Å². The standard InChI is InChI=1S/C14H14N6/c1-2-11(17)14(10-4-3-5-18-8-10)20-9-19-12(6-15)13(20)7-16/h3-5,8-9,11,14H,2,17H2,1H3. The van der Waals surface area contributed by atoms with Crippen LogP contribution in [-0.4, -0.2) is 20.6 Å². The Kier molecular flexibility index (Phi) is 4.09. The van der Waals surface area contributed by atoms with Gasteiger partial charge in [0.2, 0.25) is 0 Å². The largest absolute Gasteiger partial charge is 0.326 e. The second-order valence-electron chi connectivity index (χ2n) is 4.38. The van der Waals surface area contributed by atoms with Crippen molar-refractivity contribution in [3.63, 3.8) is 0 Å². The van der Waals surface area contributed by atoms with E-state index in [9.17, 15) is 5.26 Å². The molecule has 6 nitrogen and oxygen atoms in total. The minimum absolute atomic E-state index is 0.115. The fourth-order valence-corrected chi connectivity index (χ4v) is 2.15. The molecule has 2 aromatic rings. The van der Waals surface area contributed by atoms with Crippen molar-refractivity contribution < 1.29 is 0 Å². The molecular weight excluding hydrogens is 252 g/mol. The van der Waals surface area contributed by atoms with E-state index in [1.807, 2.05) is 31.2 Å². The van der Waals surface area contributed by atoms with Crippen molar-refractivity contribution in [1.29, 1.82) is 10.5 Å². The van der Waals surface area contributed by atoms with E-state index in [1.54, 1.807) is 17.0 Å². The van der Waals surface area contributed by atoms with Crippen molar-refractivity contribution in [2.75, 3.05) is 0 Å². The number of rotatable bonds is 4. The second kappa shape index (κ2) is 5.96. The highest BCUT2D eigenvalue weighted by atomic mass is 15.1. The Balaban J connectivity index is 2.57. The molecule has 2 atom stereocenters. The molecule has 0 spiro atoms. The Morgan fingerprint density at radius 3 is 2.75 bits per heavy atom. The molecule has 0 radical (unpaired) electrons. The lowest BCUT2D eigenvalue weighted by molar-refractivity contribution is 0.454. The van der Waals surface area contributed by atoms with Crippen LogP contribution >= 0.6 is 0 Å². The Hall–Kier alpha value is -2.70. The lowest BCUT2D eigenvalue weighted by Gasteiger charge is -2.25. The van der Waals surface area contributed by atoms with Gasteiger partial charge in [-0.3, -0.25) is 4.98 Å². The topological polar surface area (TPSA) is 104 Å². The molecule has 0 saturated carbocycles. The number of nitrogens with two attached hydrogens (primary N) is 1. The van der Waals surface area contributed by atoms with Gasteiger partial charge in [-0.05, 0) is 18.1 Å². The number of hydrogen-bond acceptors (Lipinski definition) is 5. The maximum absolute atomic E-state index is 9.25. The second-order valence-corrected chi connectivity index (χ2v) is 4.38. The summed E-state index contributed by atoms with van der Waals surface area (Å²) in [6.45, 7) is 1.97. The summed E-state index contributed by atoms with van der Waals surface area (Å²) in [7, 11) is 0. The van der Waals surface area contributed by atoms with E-state index in [2.05, 4.69) is 9.97 Å². The van der Waals surface area contributed by atoms with Gasteiger partial charge in [0.15, 0.2) is 11.4 Å². The van der Waals surface area contributed by atoms with Crippen LogP contribution in [0, 0.1) is 22.7 Å². The molecular formula is C14H14N6. The summed E-state index contributed by atoms with van der Waals surface area (Å²) in [6, 6.07) is 7.20. The average molecular weight is 266 g/mol. The molecule has 0 bridgehead atoms. The van der Waals surface area contributed by atoms with Crippen molar-refractivity contribution in [3.8, 4) is 12.1 Å². The molecule has 2 unspecified atom stereocenters. The zero-order valence-corrected chi connectivity index (χ0v) is 11.1. The van der Waals surface area contributed by atoms with E-state index >= 15 is 0 Å². The Labute approximate surface area is 117 Å². The molecule has 2 heterocycles. The zero-order valence-electron chi connectivity index (χ0n) is 11.1. The highest BCUT2D eigenvalue weighted by Crippen LogP contribution is 2.24. The summed E-state index contributed by atoms with van der Waals surface area (Å²) in [5.41, 5.74) is 7.42. The number of pyridine rings is 1. The normalized spacial score (nSPS) is 13.2. The van der Waals surface area contributed by atoms with E-state index in [0.29, 0.717) is 0 Å². The van der Waals surface area contributed by atoms with E-state index in [-0.39, 0.29) is 23.5 Å². The van der Waals surface area contributed by atoms with Gasteiger partial charge in [0.25, 0.3) is 0 Å². The van der Waals surface area contributed by atoms with Crippen LogP contribution in [0.25, 0.3) is 0 Å². The van der Waals surface area contributed by atoms with Crippen LogP contribution in [0.1, 0.15) is 36.3 Å². The van der Waals surface area contributed by atoms with E-state index in [4.69, 9.17) is 11.0 Å². The first-order valence-electron chi connectivity index (χ1n) is 6.25. The predicted molar refractivity (Wildman–Crippen MR) is 72.3 cm³/mol. The summed E-state index contributed by atoms with van der Waals surface area (Å²) < 4.78 is 1.66. The van der Waals surface area contributed by atoms with Crippen LogP contribution in [0.3, 0.4) is 0 Å². The summed E-state index contributed by atoms with van der Waals surface area (Å²) in [4.78, 5) is 8.06. The zero-order chi connectivity index (χ0) is 14.5. The number of hydrogen-bond donors (Lipinski definition) is 1. The first-order valence-corrected chi connectivity index (χ1v) is 6.25. The molecule has 2 N–H and O–H groups in total. The van der Waals surface area contributed by atoms with Crippen LogP contribution in [0.2, 0.25) is 0 Å². The first-order chi connectivity index (χ1) is 9.72. The Morgan fingerprint density at radius 1 is 1.40 bits per heavy atom. The summed E-state index contributed by atoms with van der Waals surface area (Å²) in [5, 5.41) is 18.2. The van der Waals surface area contributed by atoms with Crippen LogP contribution in [0.5, 0.6) is 0 Å². The van der Waals surface area contributed by atoms with Gasteiger partial charge < -0.3 is 10.3 Å². The van der Waals surface area contributed by atoms with Crippen molar-refractivity contribution in [3.05, 3.63) is 47.8 Å². The molecule has 100 valence electrons. The van der Waals surface area contributed by atoms with E-state index < -0.39 is 0 Å². The molecule has 0 fully saturated rings. The molecule has 0 saturated heterocycles. The van der Waals surface area contributed by atoms with Crippen LogP contribution in [-0.2, 0) is 0 Å². The quantitative estimate of drug-likeness (QED) is 0.899. The third-order valence-electron chi connectivity index (χ3n) is 3.21. The van der Waals surface area contributed by atoms with Gasteiger partial charge >= 0.3 is 0 Å². The summed E-state index contributed by atoms with van der Waals surface area (Å²) in [6.07, 6.45) is 5.61. The van der Waals surface area contributed by atoms with Crippen LogP contribution in [0.4, 0.5) is 0 Å². The summed E-state index contributed by atoms with van der Waals surface area (Å²) >= 11 is 0. The molecule has 0 aliphatic heterocycles. The van der Waals surface area contributed by atoms with E-state index in [1.165, 1.54) is 6.33 Å². The van der Waals surface area contributed by atoms with Gasteiger partial charge in [0.05, 0.1) is 12.4 Å². The molecule has 6 heteroatoms. The fourth-order valence-electron chi connectivity index (χ4n) is 2.15. The molecule has 0 amide bonds. The Bertz CT molecular complexity index is 661. The molecule has 2 aromatic heterocycles. The van der Waals surface area contributed by atoms with Crippen molar-refractivity contribution in [2.24, 2.45) is 5.73 Å². The minimum Gasteiger partial charge on any atom is -0.326 e. The summed E-state index contributed by atoms with van der Waals surface area (Å²) in [5.74, 6) is 0. The maximum atomic E-state index is 9.25. The minimum atomic E-state index is -0.266. The van der Waals surface area contributed by atoms with Crippen molar-refractivity contribution in [2.45, 2.75) is 25.4 Å². The number of nitriles is 2. The lowest BCUT2D eigenvalue weighted by atomic mass is 9.99. The van der Waals surface area contributed by atoms with Gasteiger partial charge in [-0.2, -0.15) is 10.5 Å². The highest BCUT2D eigenvalue weighted by Gasteiger charge is 2.24. The fraction of sp³-hybridized carbons (Fsp3) is 0.286. The van der Waals surface area contributed by atoms with Gasteiger partial charge in [-0.1, -0.05) is 13.0 Å². The van der Waals surface area contributed by atoms with Gasteiger partial charge in [0, 0.05) is 18.4 Å². The third kappa shape index (κ3) is 2.37. The van der Waals surface area contributed by atoms with Crippen molar-refractivity contribution in [1.82, 2.24) is 14.5 Å². The average Bonchev–Trinajstić information content (AvgIpc) is 2.91. The molecule has 2 rings (SSSR count). The SMILES string of the molecule is CCC(N)C(c1cccnc1)n1cnc(C#N)c1C#N. The molecule has 0 aliphatic carbocycles. The van der Waals surface area contributed by atoms with Crippen LogP contribution < -0.4 is 5.73 Å². The van der Waals surface area contributed by atoms with E-state index in [0.717, 1.165) is 12.0 Å². The third-order valence-corrected chi connectivity index (χ3v) is 3.21. The van der Waals surface area contributed by atoms with Crippen LogP contribution in [0.15, 0.2) is 30.9 Å². The number of nitrogens with zero attached hydrogens (tertiary/aromatic N) is 5. The van der Waals surface area contributed by atoms with Gasteiger partial charge in [-0.15, -0.1) is 0 Å². The predicted octanol–water partition coefficient (Wildman–Crippen LogP) is 1.35. The molecule has 0 aliphatic rings.